The fourth-order valence-electron chi connectivity index (χ4n) is 3.52. The highest BCUT2D eigenvalue weighted by molar-refractivity contribution is 6.33. The van der Waals surface area contributed by atoms with Crippen molar-refractivity contribution in [1.29, 1.82) is 0 Å². The van der Waals surface area contributed by atoms with Crippen molar-refractivity contribution >= 4 is 17.5 Å². The Hall–Kier alpha value is -1.13. The lowest BCUT2D eigenvalue weighted by atomic mass is 9.97. The third kappa shape index (κ3) is 2.79. The number of carbonyl (C=O) groups is 1. The summed E-state index contributed by atoms with van der Waals surface area (Å²) in [6.07, 6.45) is 4.35. The van der Waals surface area contributed by atoms with Gasteiger partial charge in [0, 0.05) is 25.2 Å². The van der Waals surface area contributed by atoms with Crippen molar-refractivity contribution in [3.8, 4) is 0 Å². The van der Waals surface area contributed by atoms with E-state index < -0.39 is 0 Å². The molecule has 2 aliphatic heterocycles. The Morgan fingerprint density at radius 1 is 1.33 bits per heavy atom. The third-order valence-electron chi connectivity index (χ3n) is 4.79. The molecule has 0 spiro atoms. The van der Waals surface area contributed by atoms with Crippen molar-refractivity contribution in [3.63, 3.8) is 0 Å². The Morgan fingerprint density at radius 2 is 1.95 bits per heavy atom. The van der Waals surface area contributed by atoms with E-state index >= 15 is 0 Å². The molecule has 2 atom stereocenters. The number of piperidine rings is 1. The standard InChI is InChI=1S/C16H20ClFN2O/c1-9-5-13(14(17)8-15(9)18)16(21)20(2)12-6-10-3-4-11(7-12)19-10/h5,8,10-12,19H,3-4,6-7H2,1-2H3. The molecule has 3 nitrogen and oxygen atoms in total. The van der Waals surface area contributed by atoms with Crippen LogP contribution in [0.5, 0.6) is 0 Å². The van der Waals surface area contributed by atoms with Gasteiger partial charge in [0.05, 0.1) is 10.6 Å². The van der Waals surface area contributed by atoms with E-state index in [1.807, 2.05) is 7.05 Å². The van der Waals surface area contributed by atoms with Crippen LogP contribution in [0.3, 0.4) is 0 Å². The molecule has 2 heterocycles. The number of amides is 1. The lowest BCUT2D eigenvalue weighted by molar-refractivity contribution is 0.0681. The molecule has 1 aromatic rings. The van der Waals surface area contributed by atoms with Crippen LogP contribution in [-0.2, 0) is 0 Å². The van der Waals surface area contributed by atoms with Crippen LogP contribution in [0, 0.1) is 12.7 Å². The molecule has 1 aromatic carbocycles. The van der Waals surface area contributed by atoms with Gasteiger partial charge in [0.2, 0.25) is 0 Å². The van der Waals surface area contributed by atoms with Gasteiger partial charge in [-0.15, -0.1) is 0 Å². The number of benzene rings is 1. The molecular formula is C16H20ClFN2O. The highest BCUT2D eigenvalue weighted by Gasteiger charge is 2.36. The number of halogens is 2. The van der Waals surface area contributed by atoms with Gasteiger partial charge in [0.25, 0.3) is 5.91 Å². The molecule has 5 heteroatoms. The second kappa shape index (κ2) is 5.58. The van der Waals surface area contributed by atoms with Gasteiger partial charge < -0.3 is 10.2 Å². The summed E-state index contributed by atoms with van der Waals surface area (Å²) in [5.74, 6) is -0.492. The topological polar surface area (TPSA) is 32.3 Å². The second-order valence-corrected chi connectivity index (χ2v) is 6.67. The van der Waals surface area contributed by atoms with Crippen molar-refractivity contribution < 1.29 is 9.18 Å². The predicted molar refractivity (Wildman–Crippen MR) is 81.2 cm³/mol. The number of hydrogen-bond acceptors (Lipinski definition) is 2. The average Bonchev–Trinajstić information content (AvgIpc) is 2.79. The maximum absolute atomic E-state index is 13.5. The molecule has 2 aliphatic rings. The van der Waals surface area contributed by atoms with Crippen molar-refractivity contribution in [2.75, 3.05) is 7.05 Å². The number of hydrogen-bond donors (Lipinski definition) is 1. The first-order valence-electron chi connectivity index (χ1n) is 7.44. The summed E-state index contributed by atoms with van der Waals surface area (Å²) < 4.78 is 13.5. The van der Waals surface area contributed by atoms with E-state index in [-0.39, 0.29) is 22.8 Å². The Morgan fingerprint density at radius 3 is 2.57 bits per heavy atom. The van der Waals surface area contributed by atoms with E-state index in [0.29, 0.717) is 23.2 Å². The molecule has 1 amide bonds. The van der Waals surface area contributed by atoms with Crippen molar-refractivity contribution in [3.05, 3.63) is 34.1 Å². The maximum Gasteiger partial charge on any atom is 0.255 e. The molecule has 2 saturated heterocycles. The van der Waals surface area contributed by atoms with Crippen LogP contribution in [0.25, 0.3) is 0 Å². The number of nitrogens with one attached hydrogen (secondary N) is 1. The predicted octanol–water partition coefficient (Wildman–Crippen LogP) is 3.14. The van der Waals surface area contributed by atoms with Gasteiger partial charge >= 0.3 is 0 Å². The van der Waals surface area contributed by atoms with Gasteiger partial charge in [-0.3, -0.25) is 4.79 Å². The highest BCUT2D eigenvalue weighted by Crippen LogP contribution is 2.31. The second-order valence-electron chi connectivity index (χ2n) is 6.26. The van der Waals surface area contributed by atoms with E-state index in [2.05, 4.69) is 5.32 Å². The molecule has 2 unspecified atom stereocenters. The fraction of sp³-hybridized carbons (Fsp3) is 0.562. The summed E-state index contributed by atoms with van der Waals surface area (Å²) in [4.78, 5) is 14.4. The first-order chi connectivity index (χ1) is 9.95. The van der Waals surface area contributed by atoms with E-state index in [1.165, 1.54) is 18.9 Å². The van der Waals surface area contributed by atoms with E-state index in [1.54, 1.807) is 17.9 Å². The minimum atomic E-state index is -0.376. The maximum atomic E-state index is 13.5. The fourth-order valence-corrected chi connectivity index (χ4v) is 3.75. The lowest BCUT2D eigenvalue weighted by Gasteiger charge is -2.35. The van der Waals surface area contributed by atoms with Crippen LogP contribution in [0.2, 0.25) is 5.02 Å². The molecule has 3 rings (SSSR count). The molecule has 0 aliphatic carbocycles. The third-order valence-corrected chi connectivity index (χ3v) is 5.11. The first kappa shape index (κ1) is 14.8. The van der Waals surface area contributed by atoms with E-state index in [0.717, 1.165) is 12.8 Å². The molecule has 21 heavy (non-hydrogen) atoms. The summed E-state index contributed by atoms with van der Waals surface area (Å²) in [6.45, 7) is 1.65. The lowest BCUT2D eigenvalue weighted by Crippen LogP contribution is -2.48. The van der Waals surface area contributed by atoms with Crippen LogP contribution < -0.4 is 5.32 Å². The highest BCUT2D eigenvalue weighted by atomic mass is 35.5. The van der Waals surface area contributed by atoms with Crippen molar-refractivity contribution in [1.82, 2.24) is 10.2 Å². The zero-order valence-corrected chi connectivity index (χ0v) is 13.1. The SMILES string of the molecule is Cc1cc(C(=O)N(C)C2CC3CCC(C2)N3)c(Cl)cc1F. The summed E-state index contributed by atoms with van der Waals surface area (Å²) in [7, 11) is 1.83. The van der Waals surface area contributed by atoms with Gasteiger partial charge in [-0.05, 0) is 50.3 Å². The summed E-state index contributed by atoms with van der Waals surface area (Å²) in [6, 6.07) is 4.05. The van der Waals surface area contributed by atoms with E-state index in [9.17, 15) is 9.18 Å². The van der Waals surface area contributed by atoms with Gasteiger partial charge in [0.1, 0.15) is 5.82 Å². The first-order valence-corrected chi connectivity index (χ1v) is 7.82. The normalized spacial score (nSPS) is 27.7. The minimum Gasteiger partial charge on any atom is -0.339 e. The molecule has 0 aromatic heterocycles. The Bertz CT molecular complexity index is 566. The number of carbonyl (C=O) groups excluding carboxylic acids is 1. The molecule has 2 fully saturated rings. The zero-order valence-electron chi connectivity index (χ0n) is 12.3. The van der Waals surface area contributed by atoms with Crippen LogP contribution in [0.4, 0.5) is 4.39 Å². The number of fused-ring (bicyclic) bond motifs is 2. The van der Waals surface area contributed by atoms with Crippen molar-refractivity contribution in [2.45, 2.75) is 50.7 Å². The largest absolute Gasteiger partial charge is 0.339 e. The zero-order chi connectivity index (χ0) is 15.1. The quantitative estimate of drug-likeness (QED) is 0.910. The number of aryl methyl sites for hydroxylation is 1. The average molecular weight is 311 g/mol. The smallest absolute Gasteiger partial charge is 0.255 e. The van der Waals surface area contributed by atoms with Gasteiger partial charge in [-0.25, -0.2) is 4.39 Å². The van der Waals surface area contributed by atoms with Gasteiger partial charge in [-0.1, -0.05) is 11.6 Å². The minimum absolute atomic E-state index is 0.116. The summed E-state index contributed by atoms with van der Waals surface area (Å²) >= 11 is 6.05. The summed E-state index contributed by atoms with van der Waals surface area (Å²) in [5, 5.41) is 3.76. The molecule has 0 radical (unpaired) electrons. The number of rotatable bonds is 2. The van der Waals surface area contributed by atoms with Gasteiger partial charge in [0.15, 0.2) is 0 Å². The van der Waals surface area contributed by atoms with E-state index in [4.69, 9.17) is 11.6 Å². The Kier molecular flexibility index (Phi) is 3.93. The van der Waals surface area contributed by atoms with Crippen LogP contribution in [-0.4, -0.2) is 36.0 Å². The van der Waals surface area contributed by atoms with Crippen molar-refractivity contribution in [2.24, 2.45) is 0 Å². The molecular weight excluding hydrogens is 291 g/mol. The summed E-state index contributed by atoms with van der Waals surface area (Å²) in [5.41, 5.74) is 0.838. The molecule has 1 N–H and O–H groups in total. The monoisotopic (exact) mass is 310 g/mol. The van der Waals surface area contributed by atoms with Crippen LogP contribution >= 0.6 is 11.6 Å². The molecule has 0 saturated carbocycles. The molecule has 2 bridgehead atoms. The number of nitrogens with zero attached hydrogens (tertiary/aromatic N) is 1. The van der Waals surface area contributed by atoms with Gasteiger partial charge in [-0.2, -0.15) is 0 Å². The van der Waals surface area contributed by atoms with Crippen LogP contribution in [0.15, 0.2) is 12.1 Å². The Labute approximate surface area is 129 Å². The van der Waals surface area contributed by atoms with Crippen LogP contribution in [0.1, 0.15) is 41.6 Å². The Balaban J connectivity index is 1.80. The molecule has 114 valence electrons.